The molecule has 1 atom stereocenters. The number of phenolic OH excluding ortho intramolecular Hbond substituents is 2. The fourth-order valence-corrected chi connectivity index (χ4v) is 5.17. The van der Waals surface area contributed by atoms with E-state index in [1.165, 1.54) is 0 Å². The minimum Gasteiger partial charge on any atom is -0.508 e. The number of rotatable bonds is 4. The number of phenols is 2. The number of aromatic hydroxyl groups is 2. The third-order valence-electron chi connectivity index (χ3n) is 6.94. The summed E-state index contributed by atoms with van der Waals surface area (Å²) in [6.45, 7) is 5.50. The molecule has 5 rings (SSSR count). The number of ether oxygens (including phenoxy) is 1. The van der Waals surface area contributed by atoms with Crippen molar-refractivity contribution in [2.45, 2.75) is 26.2 Å². The van der Waals surface area contributed by atoms with E-state index in [0.29, 0.717) is 28.1 Å². The summed E-state index contributed by atoms with van der Waals surface area (Å²) in [6.07, 6.45) is 0. The van der Waals surface area contributed by atoms with E-state index in [4.69, 9.17) is 4.74 Å². The molecule has 4 aromatic rings. The van der Waals surface area contributed by atoms with E-state index in [2.05, 4.69) is 0 Å². The summed E-state index contributed by atoms with van der Waals surface area (Å²) in [4.78, 5) is 16.5. The molecule has 35 heavy (non-hydrogen) atoms. The fourth-order valence-electron chi connectivity index (χ4n) is 5.17. The molecule has 0 radical (unpaired) electrons. The van der Waals surface area contributed by atoms with Gasteiger partial charge in [0.15, 0.2) is 0 Å². The maximum absolute atomic E-state index is 14.7. The molecular formula is C30H27NO4. The molecule has 0 saturated heterocycles. The number of hydrogen-bond donors (Lipinski definition) is 2. The quantitative estimate of drug-likeness (QED) is 0.385. The Kier molecular flexibility index (Phi) is 5.28. The standard InChI is InChI=1S/C30H27NO4/c1-18-14-21(12-13-27(18)32)30(22-15-19(2)28(33)20(3)16-22)25-10-5-6-11-26(25)31(29(30)34)23-8-7-9-24(17-23)35-4/h5-17,32-33H,1-4H3. The van der Waals surface area contributed by atoms with E-state index < -0.39 is 5.41 Å². The van der Waals surface area contributed by atoms with Gasteiger partial charge in [0.1, 0.15) is 22.7 Å². The summed E-state index contributed by atoms with van der Waals surface area (Å²) in [5.41, 5.74) is 4.72. The summed E-state index contributed by atoms with van der Waals surface area (Å²) in [6, 6.07) is 24.3. The molecule has 0 aliphatic carbocycles. The fraction of sp³-hybridized carbons (Fsp3) is 0.167. The maximum atomic E-state index is 14.7. The van der Waals surface area contributed by atoms with Gasteiger partial charge in [-0.25, -0.2) is 0 Å². The topological polar surface area (TPSA) is 70.0 Å². The molecule has 1 amide bonds. The zero-order valence-electron chi connectivity index (χ0n) is 20.2. The molecule has 1 heterocycles. The van der Waals surface area contributed by atoms with E-state index in [9.17, 15) is 15.0 Å². The van der Waals surface area contributed by atoms with Crippen LogP contribution in [0.25, 0.3) is 0 Å². The SMILES string of the molecule is COc1cccc(N2C(=O)C(c3ccc(O)c(C)c3)(c3cc(C)c(O)c(C)c3)c3ccccc32)c1. The highest BCUT2D eigenvalue weighted by atomic mass is 16.5. The molecule has 1 aliphatic rings. The van der Waals surface area contributed by atoms with Crippen molar-refractivity contribution in [2.24, 2.45) is 0 Å². The smallest absolute Gasteiger partial charge is 0.251 e. The molecule has 176 valence electrons. The van der Waals surface area contributed by atoms with E-state index in [1.807, 2.05) is 93.6 Å². The lowest BCUT2D eigenvalue weighted by Crippen LogP contribution is -2.40. The Labute approximate surface area is 204 Å². The van der Waals surface area contributed by atoms with Crippen molar-refractivity contribution in [3.05, 3.63) is 112 Å². The van der Waals surface area contributed by atoms with Crippen LogP contribution in [0.4, 0.5) is 11.4 Å². The number of nitrogens with zero attached hydrogens (tertiary/aromatic N) is 1. The van der Waals surface area contributed by atoms with Crippen LogP contribution in [0.5, 0.6) is 17.2 Å². The Hall–Kier alpha value is -4.25. The van der Waals surface area contributed by atoms with Crippen LogP contribution in [-0.2, 0) is 10.2 Å². The van der Waals surface area contributed by atoms with E-state index in [0.717, 1.165) is 22.4 Å². The number of fused-ring (bicyclic) bond motifs is 1. The minimum absolute atomic E-state index is 0.137. The zero-order valence-corrected chi connectivity index (χ0v) is 20.2. The van der Waals surface area contributed by atoms with Crippen LogP contribution < -0.4 is 9.64 Å². The lowest BCUT2D eigenvalue weighted by Gasteiger charge is -2.31. The molecule has 1 aliphatic heterocycles. The first-order valence-electron chi connectivity index (χ1n) is 11.5. The van der Waals surface area contributed by atoms with Crippen molar-refractivity contribution in [1.82, 2.24) is 0 Å². The van der Waals surface area contributed by atoms with E-state index in [1.54, 1.807) is 18.1 Å². The van der Waals surface area contributed by atoms with Gasteiger partial charge >= 0.3 is 0 Å². The first-order valence-corrected chi connectivity index (χ1v) is 11.5. The van der Waals surface area contributed by atoms with Crippen LogP contribution >= 0.6 is 0 Å². The van der Waals surface area contributed by atoms with Crippen LogP contribution in [0.3, 0.4) is 0 Å². The molecule has 2 N–H and O–H groups in total. The highest BCUT2D eigenvalue weighted by molar-refractivity contribution is 6.17. The third kappa shape index (κ3) is 3.27. The minimum atomic E-state index is -1.18. The maximum Gasteiger partial charge on any atom is 0.251 e. The largest absolute Gasteiger partial charge is 0.508 e. The summed E-state index contributed by atoms with van der Waals surface area (Å²) >= 11 is 0. The number of hydrogen-bond acceptors (Lipinski definition) is 4. The predicted octanol–water partition coefficient (Wildman–Crippen LogP) is 6.04. The van der Waals surface area contributed by atoms with Crippen molar-refractivity contribution in [3.63, 3.8) is 0 Å². The lowest BCUT2D eigenvalue weighted by molar-refractivity contribution is -0.120. The van der Waals surface area contributed by atoms with Crippen LogP contribution in [0, 0.1) is 20.8 Å². The van der Waals surface area contributed by atoms with E-state index in [-0.39, 0.29) is 17.4 Å². The van der Waals surface area contributed by atoms with Crippen LogP contribution in [0.2, 0.25) is 0 Å². The molecule has 5 heteroatoms. The Morgan fingerprint density at radius 3 is 2.14 bits per heavy atom. The first-order chi connectivity index (χ1) is 16.8. The Morgan fingerprint density at radius 2 is 1.46 bits per heavy atom. The van der Waals surface area contributed by atoms with Gasteiger partial charge in [0, 0.05) is 11.6 Å². The van der Waals surface area contributed by atoms with Crippen molar-refractivity contribution >= 4 is 17.3 Å². The second kappa shape index (κ2) is 8.20. The summed E-state index contributed by atoms with van der Waals surface area (Å²) in [7, 11) is 1.60. The normalized spacial score (nSPS) is 16.9. The molecule has 4 aromatic carbocycles. The second-order valence-electron chi connectivity index (χ2n) is 9.07. The van der Waals surface area contributed by atoms with Gasteiger partial charge in [-0.3, -0.25) is 9.69 Å². The number of aryl methyl sites for hydroxylation is 3. The Bertz CT molecular complexity index is 1450. The van der Waals surface area contributed by atoms with E-state index >= 15 is 0 Å². The van der Waals surface area contributed by atoms with Gasteiger partial charge in [0.2, 0.25) is 0 Å². The number of anilines is 2. The van der Waals surface area contributed by atoms with Crippen molar-refractivity contribution in [1.29, 1.82) is 0 Å². The van der Waals surface area contributed by atoms with Crippen molar-refractivity contribution in [3.8, 4) is 17.2 Å². The highest BCUT2D eigenvalue weighted by Gasteiger charge is 2.54. The first kappa shape index (κ1) is 22.5. The number of carbonyl (C=O) groups is 1. The molecule has 0 spiro atoms. The molecule has 0 aromatic heterocycles. The molecular weight excluding hydrogens is 438 g/mol. The van der Waals surface area contributed by atoms with Gasteiger partial charge in [0.25, 0.3) is 5.91 Å². The van der Waals surface area contributed by atoms with Crippen LogP contribution in [-0.4, -0.2) is 23.2 Å². The molecule has 0 bridgehead atoms. The zero-order chi connectivity index (χ0) is 24.9. The Morgan fingerprint density at radius 1 is 0.771 bits per heavy atom. The summed E-state index contributed by atoms with van der Waals surface area (Å²) in [5.74, 6) is 0.906. The number of methoxy groups -OCH3 is 1. The van der Waals surface area contributed by atoms with Crippen molar-refractivity contribution < 1.29 is 19.7 Å². The Balaban J connectivity index is 1.88. The van der Waals surface area contributed by atoms with Crippen LogP contribution in [0.1, 0.15) is 33.4 Å². The van der Waals surface area contributed by atoms with Gasteiger partial charge < -0.3 is 14.9 Å². The predicted molar refractivity (Wildman–Crippen MR) is 137 cm³/mol. The number of benzene rings is 4. The van der Waals surface area contributed by atoms with Gasteiger partial charge in [-0.05, 0) is 72.9 Å². The molecule has 5 nitrogen and oxygen atoms in total. The summed E-state index contributed by atoms with van der Waals surface area (Å²) in [5, 5.41) is 20.8. The van der Waals surface area contributed by atoms with Gasteiger partial charge in [-0.2, -0.15) is 0 Å². The third-order valence-corrected chi connectivity index (χ3v) is 6.94. The summed E-state index contributed by atoms with van der Waals surface area (Å²) < 4.78 is 5.44. The molecule has 0 saturated carbocycles. The number of amides is 1. The van der Waals surface area contributed by atoms with Gasteiger partial charge in [-0.1, -0.05) is 48.5 Å². The van der Waals surface area contributed by atoms with Crippen molar-refractivity contribution in [2.75, 3.05) is 12.0 Å². The second-order valence-corrected chi connectivity index (χ2v) is 9.07. The monoisotopic (exact) mass is 465 g/mol. The highest BCUT2D eigenvalue weighted by Crippen LogP contribution is 2.54. The number of carbonyl (C=O) groups excluding carboxylic acids is 1. The van der Waals surface area contributed by atoms with Crippen LogP contribution in [0.15, 0.2) is 78.9 Å². The molecule has 0 fully saturated rings. The molecule has 1 unspecified atom stereocenters. The average molecular weight is 466 g/mol. The number of para-hydroxylation sites is 1. The van der Waals surface area contributed by atoms with Gasteiger partial charge in [0.05, 0.1) is 18.5 Å². The van der Waals surface area contributed by atoms with Gasteiger partial charge in [-0.15, -0.1) is 0 Å². The lowest BCUT2D eigenvalue weighted by atomic mass is 9.69. The average Bonchev–Trinajstić information content (AvgIpc) is 3.12.